The number of rotatable bonds is 5. The maximum absolute atomic E-state index is 13.3. The van der Waals surface area contributed by atoms with E-state index in [1.807, 2.05) is 0 Å². The molecule has 0 radical (unpaired) electrons. The molecule has 1 aliphatic rings. The van der Waals surface area contributed by atoms with E-state index in [1.165, 1.54) is 22.5 Å². The molecule has 0 aromatic heterocycles. The van der Waals surface area contributed by atoms with Gasteiger partial charge in [0, 0.05) is 39.3 Å². The van der Waals surface area contributed by atoms with E-state index in [4.69, 9.17) is 4.74 Å². The molecule has 1 saturated heterocycles. The van der Waals surface area contributed by atoms with Gasteiger partial charge in [0.2, 0.25) is 10.0 Å². The van der Waals surface area contributed by atoms with E-state index in [0.717, 1.165) is 0 Å². The number of benzene rings is 1. The topological polar surface area (TPSA) is 49.9 Å². The van der Waals surface area contributed by atoms with Gasteiger partial charge in [0.1, 0.15) is 5.82 Å². The molecule has 0 spiro atoms. The van der Waals surface area contributed by atoms with Crippen LogP contribution in [0.15, 0.2) is 23.1 Å². The average molecular weight is 330 g/mol. The number of nitrogens with zero attached hydrogens (tertiary/aromatic N) is 2. The van der Waals surface area contributed by atoms with E-state index >= 15 is 0 Å². The molecule has 2 rings (SSSR count). The monoisotopic (exact) mass is 330 g/mol. The highest BCUT2D eigenvalue weighted by Gasteiger charge is 2.30. The fraction of sp³-hybridized carbons (Fsp3) is 0.600. The third-order valence-electron chi connectivity index (χ3n) is 4.07. The van der Waals surface area contributed by atoms with Crippen molar-refractivity contribution in [3.63, 3.8) is 0 Å². The highest BCUT2D eigenvalue weighted by atomic mass is 32.2. The fourth-order valence-corrected chi connectivity index (χ4v) is 4.17. The first-order chi connectivity index (χ1) is 10.4. The second kappa shape index (κ2) is 7.04. The van der Waals surface area contributed by atoms with Crippen molar-refractivity contribution in [3.8, 4) is 0 Å². The van der Waals surface area contributed by atoms with Crippen molar-refractivity contribution in [2.45, 2.75) is 24.8 Å². The van der Waals surface area contributed by atoms with E-state index < -0.39 is 15.8 Å². The first kappa shape index (κ1) is 17.3. The van der Waals surface area contributed by atoms with Crippen LogP contribution in [-0.4, -0.2) is 63.6 Å². The number of aryl methyl sites for hydroxylation is 1. The Hall–Kier alpha value is -1.02. The highest BCUT2D eigenvalue weighted by molar-refractivity contribution is 7.89. The van der Waals surface area contributed by atoms with Crippen LogP contribution in [0.1, 0.15) is 12.5 Å². The van der Waals surface area contributed by atoms with Crippen molar-refractivity contribution >= 4 is 10.0 Å². The Kier molecular flexibility index (Phi) is 5.55. The number of piperazine rings is 1. The summed E-state index contributed by atoms with van der Waals surface area (Å²) in [7, 11) is -1.89. The Morgan fingerprint density at radius 3 is 2.45 bits per heavy atom. The van der Waals surface area contributed by atoms with Crippen LogP contribution in [0.3, 0.4) is 0 Å². The first-order valence-electron chi connectivity index (χ1n) is 7.35. The van der Waals surface area contributed by atoms with Crippen LogP contribution in [0, 0.1) is 12.7 Å². The van der Waals surface area contributed by atoms with Crippen molar-refractivity contribution in [1.29, 1.82) is 0 Å². The molecule has 5 nitrogen and oxygen atoms in total. The average Bonchev–Trinajstić information content (AvgIpc) is 2.50. The largest absolute Gasteiger partial charge is 0.383 e. The molecule has 7 heteroatoms. The van der Waals surface area contributed by atoms with Gasteiger partial charge in [0.05, 0.1) is 11.5 Å². The van der Waals surface area contributed by atoms with Gasteiger partial charge in [-0.25, -0.2) is 12.8 Å². The maximum Gasteiger partial charge on any atom is 0.243 e. The van der Waals surface area contributed by atoms with Crippen LogP contribution in [0.5, 0.6) is 0 Å². The predicted octanol–water partition coefficient (Wildman–Crippen LogP) is 1.48. The van der Waals surface area contributed by atoms with Gasteiger partial charge in [-0.1, -0.05) is 0 Å². The van der Waals surface area contributed by atoms with E-state index in [2.05, 4.69) is 11.8 Å². The normalized spacial score (nSPS) is 19.3. The van der Waals surface area contributed by atoms with Gasteiger partial charge in [-0.2, -0.15) is 4.31 Å². The minimum absolute atomic E-state index is 0.157. The summed E-state index contributed by atoms with van der Waals surface area (Å²) in [5.41, 5.74) is 0.341. The van der Waals surface area contributed by atoms with E-state index in [1.54, 1.807) is 14.0 Å². The third kappa shape index (κ3) is 3.65. The molecule has 0 unspecified atom stereocenters. The smallest absolute Gasteiger partial charge is 0.243 e. The minimum atomic E-state index is -3.55. The van der Waals surface area contributed by atoms with Gasteiger partial charge in [-0.15, -0.1) is 0 Å². The number of halogens is 1. The van der Waals surface area contributed by atoms with Gasteiger partial charge >= 0.3 is 0 Å². The summed E-state index contributed by atoms with van der Waals surface area (Å²) in [6.45, 7) is 6.48. The molecule has 0 saturated carbocycles. The summed E-state index contributed by atoms with van der Waals surface area (Å²) in [4.78, 5) is 2.37. The van der Waals surface area contributed by atoms with Crippen molar-refractivity contribution in [2.75, 3.05) is 39.9 Å². The van der Waals surface area contributed by atoms with Crippen LogP contribution in [-0.2, 0) is 14.8 Å². The number of hydrogen-bond donors (Lipinski definition) is 0. The first-order valence-corrected chi connectivity index (χ1v) is 8.79. The summed E-state index contributed by atoms with van der Waals surface area (Å²) in [5, 5.41) is 0. The van der Waals surface area contributed by atoms with Gasteiger partial charge in [0.15, 0.2) is 0 Å². The zero-order valence-corrected chi connectivity index (χ0v) is 14.1. The highest BCUT2D eigenvalue weighted by Crippen LogP contribution is 2.20. The maximum atomic E-state index is 13.3. The molecule has 22 heavy (non-hydrogen) atoms. The molecule has 0 aliphatic carbocycles. The van der Waals surface area contributed by atoms with Crippen LogP contribution in [0.25, 0.3) is 0 Å². The molecule has 1 aromatic carbocycles. The molecule has 1 heterocycles. The molecule has 0 bridgehead atoms. The lowest BCUT2D eigenvalue weighted by Crippen LogP contribution is -2.52. The lowest BCUT2D eigenvalue weighted by atomic mass is 10.2. The molecule has 1 fully saturated rings. The molecule has 1 aromatic rings. The molecule has 0 N–H and O–H groups in total. The quantitative estimate of drug-likeness (QED) is 0.820. The van der Waals surface area contributed by atoms with Crippen LogP contribution in [0.4, 0.5) is 4.39 Å². The molecule has 1 atom stereocenters. The molecular formula is C15H23FN2O3S. The van der Waals surface area contributed by atoms with E-state index in [0.29, 0.717) is 38.3 Å². The Morgan fingerprint density at radius 2 is 1.91 bits per heavy atom. The molecule has 1 aliphatic heterocycles. The van der Waals surface area contributed by atoms with E-state index in [9.17, 15) is 12.8 Å². The lowest BCUT2D eigenvalue weighted by molar-refractivity contribution is 0.0766. The summed E-state index contributed by atoms with van der Waals surface area (Å²) in [6, 6.07) is 4.20. The Balaban J connectivity index is 2.07. The van der Waals surface area contributed by atoms with Gasteiger partial charge < -0.3 is 4.74 Å². The lowest BCUT2D eigenvalue weighted by Gasteiger charge is -2.37. The van der Waals surface area contributed by atoms with Crippen molar-refractivity contribution < 1.29 is 17.5 Å². The number of ether oxygens (including phenoxy) is 1. The Labute approximate surface area is 131 Å². The zero-order valence-electron chi connectivity index (χ0n) is 13.3. The third-order valence-corrected chi connectivity index (χ3v) is 5.97. The summed E-state index contributed by atoms with van der Waals surface area (Å²) < 4.78 is 45.1. The predicted molar refractivity (Wildman–Crippen MR) is 82.8 cm³/mol. The molecule has 124 valence electrons. The minimum Gasteiger partial charge on any atom is -0.383 e. The van der Waals surface area contributed by atoms with E-state index in [-0.39, 0.29) is 10.9 Å². The SMILES string of the molecule is COC[C@H](C)N1CCN(S(=O)(=O)c2ccc(F)c(C)c2)CC1. The van der Waals surface area contributed by atoms with Crippen LogP contribution in [0.2, 0.25) is 0 Å². The Bertz CT molecular complexity index is 613. The molecule has 0 amide bonds. The standard InChI is InChI=1S/C15H23FN2O3S/c1-12-10-14(4-5-15(12)16)22(19,20)18-8-6-17(7-9-18)13(2)11-21-3/h4-5,10,13H,6-9,11H2,1-3H3/t13-/m0/s1. The van der Waals surface area contributed by atoms with Crippen molar-refractivity contribution in [1.82, 2.24) is 9.21 Å². The second-order valence-electron chi connectivity index (χ2n) is 5.66. The van der Waals surface area contributed by atoms with Gasteiger partial charge in [0.25, 0.3) is 0 Å². The van der Waals surface area contributed by atoms with Crippen LogP contribution < -0.4 is 0 Å². The van der Waals surface area contributed by atoms with Crippen molar-refractivity contribution in [3.05, 3.63) is 29.6 Å². The van der Waals surface area contributed by atoms with Gasteiger partial charge in [-0.3, -0.25) is 4.90 Å². The number of methoxy groups -OCH3 is 1. The summed E-state index contributed by atoms with van der Waals surface area (Å²) >= 11 is 0. The van der Waals surface area contributed by atoms with Crippen LogP contribution >= 0.6 is 0 Å². The number of sulfonamides is 1. The summed E-state index contributed by atoms with van der Waals surface area (Å²) in [6.07, 6.45) is 0. The molecular weight excluding hydrogens is 307 g/mol. The van der Waals surface area contributed by atoms with Gasteiger partial charge in [-0.05, 0) is 37.6 Å². The Morgan fingerprint density at radius 1 is 1.27 bits per heavy atom. The summed E-state index contributed by atoms with van der Waals surface area (Å²) in [5.74, 6) is -0.392. The second-order valence-corrected chi connectivity index (χ2v) is 7.59. The fourth-order valence-electron chi connectivity index (χ4n) is 2.66. The number of hydrogen-bond acceptors (Lipinski definition) is 4. The zero-order chi connectivity index (χ0) is 16.3. The van der Waals surface area contributed by atoms with Crippen molar-refractivity contribution in [2.24, 2.45) is 0 Å².